The lowest BCUT2D eigenvalue weighted by Gasteiger charge is -2.07. The minimum Gasteiger partial charge on any atom is -0.316 e. The van der Waals surface area contributed by atoms with E-state index in [1.165, 1.54) is 12.1 Å². The van der Waals surface area contributed by atoms with Gasteiger partial charge in [0.2, 0.25) is 10.0 Å². The van der Waals surface area contributed by atoms with Crippen molar-refractivity contribution in [3.63, 3.8) is 0 Å². The van der Waals surface area contributed by atoms with Gasteiger partial charge in [-0.3, -0.25) is 0 Å². The number of hydrogen-bond acceptors (Lipinski definition) is 3. The standard InChI is InChI=1S/C11H17FN2O2S/c1-2-13-7-8-17(15,16)14-9-10-3-5-11(12)6-4-10/h3-6,13-14H,2,7-9H2,1H3. The molecule has 1 rings (SSSR count). The molecule has 6 heteroatoms. The molecule has 0 bridgehead atoms. The van der Waals surface area contributed by atoms with E-state index in [0.717, 1.165) is 12.1 Å². The first-order valence-electron chi connectivity index (χ1n) is 5.46. The van der Waals surface area contributed by atoms with Crippen LogP contribution in [0.1, 0.15) is 12.5 Å². The van der Waals surface area contributed by atoms with Crippen molar-refractivity contribution in [3.8, 4) is 0 Å². The molecule has 0 aliphatic heterocycles. The molecule has 2 N–H and O–H groups in total. The van der Waals surface area contributed by atoms with Gasteiger partial charge in [0.05, 0.1) is 5.75 Å². The molecule has 1 aromatic carbocycles. The van der Waals surface area contributed by atoms with Crippen LogP contribution in [-0.2, 0) is 16.6 Å². The SMILES string of the molecule is CCNCCS(=O)(=O)NCc1ccc(F)cc1. The summed E-state index contributed by atoms with van der Waals surface area (Å²) in [4.78, 5) is 0. The van der Waals surface area contributed by atoms with E-state index in [4.69, 9.17) is 0 Å². The van der Waals surface area contributed by atoms with Gasteiger partial charge in [0.1, 0.15) is 5.82 Å². The Morgan fingerprint density at radius 3 is 2.47 bits per heavy atom. The summed E-state index contributed by atoms with van der Waals surface area (Å²) in [6, 6.07) is 5.73. The van der Waals surface area contributed by atoms with Crippen molar-refractivity contribution in [3.05, 3.63) is 35.6 Å². The van der Waals surface area contributed by atoms with E-state index in [1.54, 1.807) is 12.1 Å². The Morgan fingerprint density at radius 2 is 1.88 bits per heavy atom. The fraction of sp³-hybridized carbons (Fsp3) is 0.455. The van der Waals surface area contributed by atoms with Crippen LogP contribution in [0.4, 0.5) is 4.39 Å². The van der Waals surface area contributed by atoms with Gasteiger partial charge in [-0.1, -0.05) is 19.1 Å². The molecule has 0 spiro atoms. The summed E-state index contributed by atoms with van der Waals surface area (Å²) in [6.45, 7) is 3.27. The maximum Gasteiger partial charge on any atom is 0.213 e. The van der Waals surface area contributed by atoms with Gasteiger partial charge in [0, 0.05) is 13.1 Å². The van der Waals surface area contributed by atoms with Gasteiger partial charge in [-0.2, -0.15) is 0 Å². The number of nitrogens with one attached hydrogen (secondary N) is 2. The normalized spacial score (nSPS) is 11.6. The summed E-state index contributed by atoms with van der Waals surface area (Å²) in [5.41, 5.74) is 0.735. The zero-order chi connectivity index (χ0) is 12.7. The van der Waals surface area contributed by atoms with Gasteiger partial charge in [-0.15, -0.1) is 0 Å². The Bertz CT molecular complexity index is 431. The van der Waals surface area contributed by atoms with Crippen LogP contribution in [0.5, 0.6) is 0 Å². The number of halogens is 1. The maximum atomic E-state index is 12.6. The molecule has 0 heterocycles. The van der Waals surface area contributed by atoms with E-state index >= 15 is 0 Å². The monoisotopic (exact) mass is 260 g/mol. The van der Waals surface area contributed by atoms with Crippen molar-refractivity contribution in [1.82, 2.24) is 10.0 Å². The first-order valence-corrected chi connectivity index (χ1v) is 7.11. The summed E-state index contributed by atoms with van der Waals surface area (Å²) in [6.07, 6.45) is 0. The second-order valence-electron chi connectivity index (χ2n) is 3.62. The molecular formula is C11H17FN2O2S. The molecule has 0 unspecified atom stereocenters. The second kappa shape index (κ2) is 6.68. The van der Waals surface area contributed by atoms with Crippen molar-refractivity contribution in [2.24, 2.45) is 0 Å². The van der Waals surface area contributed by atoms with E-state index in [0.29, 0.717) is 6.54 Å². The Balaban J connectivity index is 2.41. The zero-order valence-electron chi connectivity index (χ0n) is 9.74. The fourth-order valence-corrected chi connectivity index (χ4v) is 2.20. The number of benzene rings is 1. The molecule has 0 atom stereocenters. The number of rotatable bonds is 7. The summed E-state index contributed by atoms with van der Waals surface area (Å²) in [5, 5.41) is 2.94. The van der Waals surface area contributed by atoms with Crippen molar-refractivity contribution < 1.29 is 12.8 Å². The zero-order valence-corrected chi connectivity index (χ0v) is 10.6. The average molecular weight is 260 g/mol. The first-order chi connectivity index (χ1) is 8.03. The highest BCUT2D eigenvalue weighted by atomic mass is 32.2. The third-order valence-corrected chi connectivity index (χ3v) is 3.53. The fourth-order valence-electron chi connectivity index (χ4n) is 1.25. The Kier molecular flexibility index (Phi) is 5.54. The van der Waals surface area contributed by atoms with Crippen LogP contribution in [0.15, 0.2) is 24.3 Å². The van der Waals surface area contributed by atoms with Gasteiger partial charge in [-0.25, -0.2) is 17.5 Å². The summed E-state index contributed by atoms with van der Waals surface area (Å²) >= 11 is 0. The van der Waals surface area contributed by atoms with Crippen LogP contribution >= 0.6 is 0 Å². The molecule has 1 aromatic rings. The predicted molar refractivity (Wildman–Crippen MR) is 65.6 cm³/mol. The van der Waals surface area contributed by atoms with Crippen molar-refractivity contribution in [2.45, 2.75) is 13.5 Å². The lowest BCUT2D eigenvalue weighted by molar-refractivity contribution is 0.577. The highest BCUT2D eigenvalue weighted by Crippen LogP contribution is 2.02. The van der Waals surface area contributed by atoms with E-state index in [9.17, 15) is 12.8 Å². The molecule has 0 amide bonds. The third kappa shape index (κ3) is 5.76. The van der Waals surface area contributed by atoms with Crippen molar-refractivity contribution in [2.75, 3.05) is 18.8 Å². The van der Waals surface area contributed by atoms with Gasteiger partial charge in [0.25, 0.3) is 0 Å². The van der Waals surface area contributed by atoms with E-state index in [-0.39, 0.29) is 18.1 Å². The lowest BCUT2D eigenvalue weighted by atomic mass is 10.2. The van der Waals surface area contributed by atoms with Gasteiger partial charge in [-0.05, 0) is 24.2 Å². The summed E-state index contributed by atoms with van der Waals surface area (Å²) in [7, 11) is -3.27. The summed E-state index contributed by atoms with van der Waals surface area (Å²) < 4.78 is 38.1. The van der Waals surface area contributed by atoms with Crippen LogP contribution in [-0.4, -0.2) is 27.3 Å². The average Bonchev–Trinajstić information content (AvgIpc) is 2.29. The van der Waals surface area contributed by atoms with Crippen LogP contribution in [0, 0.1) is 5.82 Å². The highest BCUT2D eigenvalue weighted by molar-refractivity contribution is 7.89. The molecule has 0 radical (unpaired) electrons. The number of hydrogen-bond donors (Lipinski definition) is 2. The molecule has 4 nitrogen and oxygen atoms in total. The smallest absolute Gasteiger partial charge is 0.213 e. The molecule has 0 fully saturated rings. The quantitative estimate of drug-likeness (QED) is 0.715. The van der Waals surface area contributed by atoms with Crippen molar-refractivity contribution in [1.29, 1.82) is 0 Å². The van der Waals surface area contributed by atoms with Gasteiger partial charge < -0.3 is 5.32 Å². The maximum absolute atomic E-state index is 12.6. The lowest BCUT2D eigenvalue weighted by Crippen LogP contribution is -2.31. The minimum absolute atomic E-state index is 0.0437. The Morgan fingerprint density at radius 1 is 1.24 bits per heavy atom. The molecule has 17 heavy (non-hydrogen) atoms. The van der Waals surface area contributed by atoms with Crippen LogP contribution in [0.3, 0.4) is 0 Å². The van der Waals surface area contributed by atoms with E-state index in [1.807, 2.05) is 6.92 Å². The van der Waals surface area contributed by atoms with Crippen LogP contribution < -0.4 is 10.0 Å². The molecular weight excluding hydrogens is 243 g/mol. The highest BCUT2D eigenvalue weighted by Gasteiger charge is 2.08. The van der Waals surface area contributed by atoms with Gasteiger partial charge in [0.15, 0.2) is 0 Å². The van der Waals surface area contributed by atoms with Gasteiger partial charge >= 0.3 is 0 Å². The minimum atomic E-state index is -3.27. The molecule has 0 saturated carbocycles. The Labute approximate surface area is 101 Å². The molecule has 96 valence electrons. The molecule has 0 aromatic heterocycles. The second-order valence-corrected chi connectivity index (χ2v) is 5.55. The predicted octanol–water partition coefficient (Wildman–Crippen LogP) is 0.855. The number of sulfonamides is 1. The molecule has 0 aliphatic rings. The third-order valence-electron chi connectivity index (χ3n) is 2.21. The van der Waals surface area contributed by atoms with Crippen LogP contribution in [0.25, 0.3) is 0 Å². The molecule has 0 aliphatic carbocycles. The largest absolute Gasteiger partial charge is 0.316 e. The summed E-state index contributed by atoms with van der Waals surface area (Å²) in [5.74, 6) is -0.286. The van der Waals surface area contributed by atoms with E-state index < -0.39 is 10.0 Å². The Hall–Kier alpha value is -0.980. The van der Waals surface area contributed by atoms with Crippen LogP contribution in [0.2, 0.25) is 0 Å². The topological polar surface area (TPSA) is 58.2 Å². The molecule has 0 saturated heterocycles. The first kappa shape index (κ1) is 14.1. The van der Waals surface area contributed by atoms with Crippen molar-refractivity contribution >= 4 is 10.0 Å². The van der Waals surface area contributed by atoms with E-state index in [2.05, 4.69) is 10.0 Å².